The first-order chi connectivity index (χ1) is 17.5. The maximum absolute atomic E-state index is 11.8. The second-order valence-corrected chi connectivity index (χ2v) is 8.26. The van der Waals surface area contributed by atoms with Crippen molar-refractivity contribution in [2.45, 2.75) is 13.5 Å². The fourth-order valence-electron chi connectivity index (χ4n) is 3.56. The van der Waals surface area contributed by atoms with E-state index in [0.29, 0.717) is 48.6 Å². The lowest BCUT2D eigenvalue weighted by Gasteiger charge is -2.20. The summed E-state index contributed by atoms with van der Waals surface area (Å²) < 4.78 is 11.9. The number of nitrogens with one attached hydrogen (secondary N) is 1. The number of hydrogen-bond acceptors (Lipinski definition) is 7. The van der Waals surface area contributed by atoms with E-state index >= 15 is 0 Å². The molecule has 0 saturated carbocycles. The van der Waals surface area contributed by atoms with Crippen LogP contribution in [0.3, 0.4) is 0 Å². The van der Waals surface area contributed by atoms with E-state index in [-0.39, 0.29) is 5.91 Å². The van der Waals surface area contributed by atoms with Gasteiger partial charge in [0, 0.05) is 25.4 Å². The zero-order valence-electron chi connectivity index (χ0n) is 19.9. The minimum Gasteiger partial charge on any atom is -0.491 e. The number of hydrogen-bond donors (Lipinski definition) is 1. The first-order valence-corrected chi connectivity index (χ1v) is 11.7. The summed E-state index contributed by atoms with van der Waals surface area (Å²) in [5, 5.41) is 4.49. The molecule has 0 aliphatic carbocycles. The largest absolute Gasteiger partial charge is 0.491 e. The van der Waals surface area contributed by atoms with Crippen LogP contribution in [0.2, 0.25) is 5.02 Å². The number of carbonyl (C=O) groups excluding carboxylic acids is 1. The second kappa shape index (κ2) is 12.0. The number of fused-ring (bicyclic) bond motifs is 1. The molecule has 9 heteroatoms. The molecule has 0 fully saturated rings. The van der Waals surface area contributed by atoms with Gasteiger partial charge in [-0.3, -0.25) is 9.78 Å². The summed E-state index contributed by atoms with van der Waals surface area (Å²) in [7, 11) is 0. The smallest absolute Gasteiger partial charge is 0.219 e. The van der Waals surface area contributed by atoms with Crippen molar-refractivity contribution in [3.63, 3.8) is 0 Å². The number of aromatic nitrogens is 3. The van der Waals surface area contributed by atoms with Crippen LogP contribution in [0.4, 0.5) is 11.5 Å². The number of benzene rings is 2. The summed E-state index contributed by atoms with van der Waals surface area (Å²) in [5.74, 6) is 1.70. The Morgan fingerprint density at radius 3 is 2.72 bits per heavy atom. The molecule has 4 aromatic rings. The Hall–Kier alpha value is -4.17. The highest BCUT2D eigenvalue weighted by Gasteiger charge is 2.13. The maximum Gasteiger partial charge on any atom is 0.219 e. The van der Waals surface area contributed by atoms with Crippen molar-refractivity contribution in [3.05, 3.63) is 90.5 Å². The zero-order valence-corrected chi connectivity index (χ0v) is 20.6. The van der Waals surface area contributed by atoms with E-state index in [1.54, 1.807) is 29.3 Å². The fraction of sp³-hybridized carbons (Fsp3) is 0.185. The van der Waals surface area contributed by atoms with Crippen LogP contribution in [0.1, 0.15) is 12.6 Å². The highest BCUT2D eigenvalue weighted by atomic mass is 35.5. The van der Waals surface area contributed by atoms with Crippen molar-refractivity contribution in [1.82, 2.24) is 19.9 Å². The van der Waals surface area contributed by atoms with Gasteiger partial charge < -0.3 is 19.7 Å². The number of rotatable bonds is 11. The summed E-state index contributed by atoms with van der Waals surface area (Å²) in [4.78, 5) is 26.5. The second-order valence-electron chi connectivity index (χ2n) is 7.85. The summed E-state index contributed by atoms with van der Waals surface area (Å²) in [6.07, 6.45) is 4.90. The minimum atomic E-state index is -0.0357. The van der Waals surface area contributed by atoms with Gasteiger partial charge in [0.25, 0.3) is 0 Å². The Balaban J connectivity index is 1.50. The fourth-order valence-corrected chi connectivity index (χ4v) is 3.80. The molecule has 0 aliphatic rings. The molecule has 0 aliphatic heterocycles. The van der Waals surface area contributed by atoms with Crippen molar-refractivity contribution >= 4 is 39.9 Å². The van der Waals surface area contributed by atoms with Gasteiger partial charge in [-0.25, -0.2) is 9.97 Å². The van der Waals surface area contributed by atoms with E-state index in [4.69, 9.17) is 21.1 Å². The SMILES string of the molecule is C=CCN(CCOc1cccc2ncnc(Nc3ccc(OCc4ccccn4)c(Cl)c3)c12)C(C)=O. The van der Waals surface area contributed by atoms with Crippen molar-refractivity contribution in [2.24, 2.45) is 0 Å². The average molecular weight is 504 g/mol. The predicted molar refractivity (Wildman–Crippen MR) is 141 cm³/mol. The summed E-state index contributed by atoms with van der Waals surface area (Å²) in [6, 6.07) is 16.7. The Labute approximate surface area is 214 Å². The molecule has 0 bridgehead atoms. The number of halogens is 1. The highest BCUT2D eigenvalue weighted by Crippen LogP contribution is 2.34. The monoisotopic (exact) mass is 503 g/mol. The van der Waals surface area contributed by atoms with Crippen LogP contribution >= 0.6 is 11.6 Å². The van der Waals surface area contributed by atoms with Crippen LogP contribution in [-0.4, -0.2) is 45.5 Å². The molecule has 0 radical (unpaired) electrons. The molecule has 36 heavy (non-hydrogen) atoms. The Kier molecular flexibility index (Phi) is 8.31. The quantitative estimate of drug-likeness (QED) is 0.273. The average Bonchev–Trinajstić information content (AvgIpc) is 2.88. The van der Waals surface area contributed by atoms with E-state index in [1.165, 1.54) is 13.3 Å². The molecular weight excluding hydrogens is 478 g/mol. The van der Waals surface area contributed by atoms with Gasteiger partial charge in [0.1, 0.15) is 36.9 Å². The summed E-state index contributed by atoms with van der Waals surface area (Å²) >= 11 is 6.48. The van der Waals surface area contributed by atoms with Crippen LogP contribution in [0.5, 0.6) is 11.5 Å². The third-order valence-electron chi connectivity index (χ3n) is 5.33. The van der Waals surface area contributed by atoms with Crippen molar-refractivity contribution < 1.29 is 14.3 Å². The summed E-state index contributed by atoms with van der Waals surface area (Å²) in [6.45, 7) is 6.75. The van der Waals surface area contributed by atoms with Gasteiger partial charge in [0.05, 0.1) is 28.2 Å². The molecule has 2 aromatic carbocycles. The molecule has 184 valence electrons. The van der Waals surface area contributed by atoms with Gasteiger partial charge in [-0.2, -0.15) is 0 Å². The van der Waals surface area contributed by atoms with Gasteiger partial charge in [-0.15, -0.1) is 6.58 Å². The zero-order chi connectivity index (χ0) is 25.3. The molecular formula is C27H26ClN5O3. The van der Waals surface area contributed by atoms with Crippen molar-refractivity contribution in [1.29, 1.82) is 0 Å². The molecule has 1 N–H and O–H groups in total. The topological polar surface area (TPSA) is 89.5 Å². The molecule has 8 nitrogen and oxygen atoms in total. The standard InChI is InChI=1S/C27H26ClN5O3/c1-3-13-33(19(2)34)14-15-35-25-9-6-8-23-26(25)27(31-18-30-23)32-20-10-11-24(22(28)16-20)36-17-21-7-4-5-12-29-21/h3-12,16,18H,1,13-15,17H2,2H3,(H,30,31,32). The van der Waals surface area contributed by atoms with E-state index in [1.807, 2.05) is 42.5 Å². The minimum absolute atomic E-state index is 0.0357. The maximum atomic E-state index is 11.8. The van der Waals surface area contributed by atoms with E-state index in [2.05, 4.69) is 26.8 Å². The lowest BCUT2D eigenvalue weighted by atomic mass is 10.2. The Morgan fingerprint density at radius 1 is 1.08 bits per heavy atom. The molecule has 0 unspecified atom stereocenters. The van der Waals surface area contributed by atoms with Crippen molar-refractivity contribution in [2.75, 3.05) is 25.0 Å². The molecule has 1 amide bonds. The number of nitrogens with zero attached hydrogens (tertiary/aromatic N) is 4. The van der Waals surface area contributed by atoms with Gasteiger partial charge in [-0.1, -0.05) is 29.8 Å². The van der Waals surface area contributed by atoms with Crippen molar-refractivity contribution in [3.8, 4) is 11.5 Å². The van der Waals surface area contributed by atoms with Crippen LogP contribution in [-0.2, 0) is 11.4 Å². The van der Waals surface area contributed by atoms with Gasteiger partial charge in [0.2, 0.25) is 5.91 Å². The van der Waals surface area contributed by atoms with Gasteiger partial charge >= 0.3 is 0 Å². The Morgan fingerprint density at radius 2 is 1.97 bits per heavy atom. The Bertz CT molecular complexity index is 1340. The molecule has 0 saturated heterocycles. The number of pyridine rings is 1. The molecule has 0 atom stereocenters. The molecule has 0 spiro atoms. The highest BCUT2D eigenvalue weighted by molar-refractivity contribution is 6.32. The third-order valence-corrected chi connectivity index (χ3v) is 5.63. The van der Waals surface area contributed by atoms with Crippen LogP contribution in [0.25, 0.3) is 10.9 Å². The lowest BCUT2D eigenvalue weighted by Crippen LogP contribution is -2.32. The molecule has 2 aromatic heterocycles. The first-order valence-electron chi connectivity index (χ1n) is 11.4. The van der Waals surface area contributed by atoms with Crippen LogP contribution in [0, 0.1) is 0 Å². The third kappa shape index (κ3) is 6.28. The van der Waals surface area contributed by atoms with Gasteiger partial charge in [0.15, 0.2) is 0 Å². The van der Waals surface area contributed by atoms with Crippen LogP contribution in [0.15, 0.2) is 79.8 Å². The van der Waals surface area contributed by atoms with Crippen LogP contribution < -0.4 is 14.8 Å². The molecule has 4 rings (SSSR count). The van der Waals surface area contributed by atoms with E-state index < -0.39 is 0 Å². The van der Waals surface area contributed by atoms with E-state index in [0.717, 1.165) is 22.3 Å². The number of ether oxygens (including phenoxy) is 2. The lowest BCUT2D eigenvalue weighted by molar-refractivity contribution is -0.128. The van der Waals surface area contributed by atoms with E-state index in [9.17, 15) is 4.79 Å². The number of carbonyl (C=O) groups is 1. The summed E-state index contributed by atoms with van der Waals surface area (Å²) in [5.41, 5.74) is 2.27. The number of anilines is 2. The predicted octanol–water partition coefficient (Wildman–Crippen LogP) is 5.41. The number of amides is 1. The normalized spacial score (nSPS) is 10.6. The first kappa shape index (κ1) is 24.9. The molecule has 2 heterocycles. The van der Waals surface area contributed by atoms with Gasteiger partial charge in [-0.05, 0) is 42.5 Å².